The van der Waals surface area contributed by atoms with Crippen molar-refractivity contribution in [2.24, 2.45) is 0 Å². The SMILES string of the molecule is N#Cc1ccc(C2(Cc3ccccc3)c3ccccc3-c3nccn32)cn1. The van der Waals surface area contributed by atoms with E-state index < -0.39 is 5.54 Å². The van der Waals surface area contributed by atoms with E-state index >= 15 is 0 Å². The molecule has 0 aliphatic carbocycles. The maximum atomic E-state index is 9.15. The zero-order chi connectivity index (χ0) is 18.3. The Morgan fingerprint density at radius 1 is 0.926 bits per heavy atom. The quantitative estimate of drug-likeness (QED) is 0.558. The summed E-state index contributed by atoms with van der Waals surface area (Å²) in [6.45, 7) is 0. The van der Waals surface area contributed by atoms with Crippen LogP contribution in [-0.2, 0) is 12.0 Å². The van der Waals surface area contributed by atoms with Gasteiger partial charge >= 0.3 is 0 Å². The van der Waals surface area contributed by atoms with E-state index in [2.05, 4.69) is 63.1 Å². The largest absolute Gasteiger partial charge is 0.316 e. The van der Waals surface area contributed by atoms with Crippen LogP contribution in [0.25, 0.3) is 11.4 Å². The maximum Gasteiger partial charge on any atom is 0.141 e. The Morgan fingerprint density at radius 2 is 1.74 bits per heavy atom. The fraction of sp³-hybridized carbons (Fsp3) is 0.0870. The van der Waals surface area contributed by atoms with Crippen LogP contribution in [0.3, 0.4) is 0 Å². The van der Waals surface area contributed by atoms with Crippen molar-refractivity contribution in [1.82, 2.24) is 14.5 Å². The topological polar surface area (TPSA) is 54.5 Å². The van der Waals surface area contributed by atoms with E-state index in [4.69, 9.17) is 5.26 Å². The molecule has 4 aromatic rings. The Hall–Kier alpha value is -3.71. The van der Waals surface area contributed by atoms with E-state index in [1.807, 2.05) is 36.8 Å². The van der Waals surface area contributed by atoms with Crippen LogP contribution in [0, 0.1) is 11.3 Å². The molecule has 1 aliphatic rings. The molecule has 0 amide bonds. The number of aromatic nitrogens is 3. The van der Waals surface area contributed by atoms with Crippen LogP contribution in [0.5, 0.6) is 0 Å². The average Bonchev–Trinajstić information content (AvgIpc) is 3.31. The van der Waals surface area contributed by atoms with Gasteiger partial charge in [-0.3, -0.25) is 0 Å². The molecule has 128 valence electrons. The molecule has 0 fully saturated rings. The smallest absolute Gasteiger partial charge is 0.141 e. The molecule has 27 heavy (non-hydrogen) atoms. The Morgan fingerprint density at radius 3 is 2.52 bits per heavy atom. The molecule has 0 N–H and O–H groups in total. The van der Waals surface area contributed by atoms with Gasteiger partial charge in [0.2, 0.25) is 0 Å². The van der Waals surface area contributed by atoms with E-state index in [0.717, 1.165) is 23.4 Å². The minimum absolute atomic E-state index is 0.422. The highest BCUT2D eigenvalue weighted by Gasteiger charge is 2.45. The molecule has 1 atom stereocenters. The molecule has 0 spiro atoms. The highest BCUT2D eigenvalue weighted by Crippen LogP contribution is 2.48. The first-order valence-corrected chi connectivity index (χ1v) is 8.87. The van der Waals surface area contributed by atoms with Crippen molar-refractivity contribution in [2.75, 3.05) is 0 Å². The lowest BCUT2D eigenvalue weighted by atomic mass is 9.78. The van der Waals surface area contributed by atoms with E-state index in [9.17, 15) is 0 Å². The average molecular weight is 348 g/mol. The zero-order valence-corrected chi connectivity index (χ0v) is 14.6. The molecular weight excluding hydrogens is 332 g/mol. The van der Waals surface area contributed by atoms with E-state index in [1.165, 1.54) is 11.1 Å². The number of nitriles is 1. The van der Waals surface area contributed by atoms with Crippen molar-refractivity contribution in [1.29, 1.82) is 5.26 Å². The Balaban J connectivity index is 1.81. The van der Waals surface area contributed by atoms with Crippen LogP contribution in [-0.4, -0.2) is 14.5 Å². The van der Waals surface area contributed by atoms with Gasteiger partial charge in [-0.25, -0.2) is 9.97 Å². The standard InChI is InChI=1S/C23H16N4/c24-15-19-11-10-18(16-26-19)23(14-17-6-2-1-3-7-17)21-9-5-4-8-20(21)22-25-12-13-27(22)23/h1-13,16H,14H2. The second-order valence-electron chi connectivity index (χ2n) is 6.73. The van der Waals surface area contributed by atoms with Gasteiger partial charge < -0.3 is 4.57 Å². The van der Waals surface area contributed by atoms with Gasteiger partial charge in [0.05, 0.1) is 0 Å². The predicted octanol–water partition coefficient (Wildman–Crippen LogP) is 4.16. The molecule has 1 unspecified atom stereocenters. The first-order chi connectivity index (χ1) is 13.3. The first kappa shape index (κ1) is 15.5. The third-order valence-electron chi connectivity index (χ3n) is 5.32. The van der Waals surface area contributed by atoms with Crippen molar-refractivity contribution in [3.63, 3.8) is 0 Å². The third kappa shape index (κ3) is 2.22. The summed E-state index contributed by atoms with van der Waals surface area (Å²) in [5, 5.41) is 9.15. The second kappa shape index (κ2) is 5.93. The Bertz CT molecular complexity index is 1150. The number of hydrogen-bond donors (Lipinski definition) is 0. The van der Waals surface area contributed by atoms with Crippen molar-refractivity contribution >= 4 is 0 Å². The molecule has 0 bridgehead atoms. The van der Waals surface area contributed by atoms with Crippen molar-refractivity contribution in [3.8, 4) is 17.5 Å². The second-order valence-corrected chi connectivity index (χ2v) is 6.73. The highest BCUT2D eigenvalue weighted by molar-refractivity contribution is 5.71. The van der Waals surface area contributed by atoms with E-state index in [0.29, 0.717) is 5.69 Å². The van der Waals surface area contributed by atoms with Gasteiger partial charge in [0.25, 0.3) is 0 Å². The van der Waals surface area contributed by atoms with E-state index in [-0.39, 0.29) is 0 Å². The van der Waals surface area contributed by atoms with Crippen LogP contribution in [0.2, 0.25) is 0 Å². The minimum atomic E-state index is -0.440. The number of rotatable bonds is 3. The van der Waals surface area contributed by atoms with Crippen LogP contribution in [0.4, 0.5) is 0 Å². The summed E-state index contributed by atoms with van der Waals surface area (Å²) >= 11 is 0. The highest BCUT2D eigenvalue weighted by atomic mass is 15.2. The fourth-order valence-corrected chi connectivity index (χ4v) is 4.15. The number of fused-ring (bicyclic) bond motifs is 3. The predicted molar refractivity (Wildman–Crippen MR) is 103 cm³/mol. The summed E-state index contributed by atoms with van der Waals surface area (Å²) in [7, 11) is 0. The Labute approximate surface area is 157 Å². The summed E-state index contributed by atoms with van der Waals surface area (Å²) in [5.74, 6) is 0.964. The molecular formula is C23H16N4. The van der Waals surface area contributed by atoms with Crippen molar-refractivity contribution in [3.05, 3.63) is 108 Å². The molecule has 3 heterocycles. The summed E-state index contributed by atoms with van der Waals surface area (Å²) in [6, 6.07) is 24.8. The maximum absolute atomic E-state index is 9.15. The van der Waals surface area contributed by atoms with Crippen molar-refractivity contribution in [2.45, 2.75) is 12.0 Å². The van der Waals surface area contributed by atoms with Gasteiger partial charge in [-0.15, -0.1) is 0 Å². The summed E-state index contributed by atoms with van der Waals surface area (Å²) < 4.78 is 2.24. The van der Waals surface area contributed by atoms with Crippen LogP contribution < -0.4 is 0 Å². The van der Waals surface area contributed by atoms with Crippen molar-refractivity contribution < 1.29 is 0 Å². The number of imidazole rings is 1. The van der Waals surface area contributed by atoms with Crippen LogP contribution >= 0.6 is 0 Å². The number of benzene rings is 2. The number of nitrogens with zero attached hydrogens (tertiary/aromatic N) is 4. The molecule has 4 nitrogen and oxygen atoms in total. The molecule has 2 aromatic heterocycles. The van der Waals surface area contributed by atoms with Gasteiger partial charge in [-0.1, -0.05) is 60.7 Å². The van der Waals surface area contributed by atoms with Gasteiger partial charge in [-0.05, 0) is 17.2 Å². The minimum Gasteiger partial charge on any atom is -0.316 e. The van der Waals surface area contributed by atoms with Gasteiger partial charge in [0, 0.05) is 36.1 Å². The summed E-state index contributed by atoms with van der Waals surface area (Å²) in [5.41, 5.74) is 4.62. The Kier molecular flexibility index (Phi) is 3.41. The lowest BCUT2D eigenvalue weighted by molar-refractivity contribution is 0.448. The van der Waals surface area contributed by atoms with E-state index in [1.54, 1.807) is 6.07 Å². The molecule has 0 saturated heterocycles. The molecule has 0 saturated carbocycles. The zero-order valence-electron chi connectivity index (χ0n) is 14.6. The first-order valence-electron chi connectivity index (χ1n) is 8.87. The normalized spacial score (nSPS) is 17.1. The molecule has 5 rings (SSSR count). The molecule has 4 heteroatoms. The fourth-order valence-electron chi connectivity index (χ4n) is 4.15. The van der Waals surface area contributed by atoms with Crippen LogP contribution in [0.1, 0.15) is 22.4 Å². The number of pyridine rings is 1. The van der Waals surface area contributed by atoms with Gasteiger partial charge in [-0.2, -0.15) is 5.26 Å². The molecule has 0 radical (unpaired) electrons. The number of hydrogen-bond acceptors (Lipinski definition) is 3. The van der Waals surface area contributed by atoms with Gasteiger partial charge in [0.1, 0.15) is 23.1 Å². The van der Waals surface area contributed by atoms with Gasteiger partial charge in [0.15, 0.2) is 0 Å². The third-order valence-corrected chi connectivity index (χ3v) is 5.32. The monoisotopic (exact) mass is 348 g/mol. The lowest BCUT2D eigenvalue weighted by Crippen LogP contribution is -2.35. The summed E-state index contributed by atoms with van der Waals surface area (Å²) in [6.07, 6.45) is 6.49. The molecule has 2 aromatic carbocycles. The van der Waals surface area contributed by atoms with Crippen LogP contribution in [0.15, 0.2) is 85.3 Å². The molecule has 1 aliphatic heterocycles. The summed E-state index contributed by atoms with van der Waals surface area (Å²) in [4.78, 5) is 8.99. The lowest BCUT2D eigenvalue weighted by Gasteiger charge is -2.33.